The second-order valence-electron chi connectivity index (χ2n) is 0.832. The van der Waals surface area contributed by atoms with Crippen LogP contribution in [0.15, 0.2) is 17.0 Å². The van der Waals surface area contributed by atoms with Crippen LogP contribution in [0.25, 0.3) is 0 Å². The first-order valence-electron chi connectivity index (χ1n) is 1.32. The minimum absolute atomic E-state index is 0. The molecule has 0 saturated heterocycles. The lowest BCUT2D eigenvalue weighted by Crippen LogP contribution is -1.86. The summed E-state index contributed by atoms with van der Waals surface area (Å²) in [5, 5.41) is 8.16. The maximum atomic E-state index is 8.16. The van der Waals surface area contributed by atoms with Crippen LogP contribution >= 0.6 is 12.4 Å². The maximum Gasteiger partial charge on any atom is 0.152 e. The SMILES string of the molecule is Cl.OC1=CN=C1. The number of rotatable bonds is 0. The van der Waals surface area contributed by atoms with E-state index in [-0.39, 0.29) is 18.2 Å². The van der Waals surface area contributed by atoms with Gasteiger partial charge in [-0.15, -0.1) is 12.4 Å². The first-order chi connectivity index (χ1) is 2.39. The monoisotopic (exact) mass is 105 g/mol. The van der Waals surface area contributed by atoms with Gasteiger partial charge in [0.25, 0.3) is 0 Å². The first kappa shape index (κ1) is 5.50. The van der Waals surface area contributed by atoms with Gasteiger partial charge in [-0.2, -0.15) is 0 Å². The zero-order valence-corrected chi connectivity index (χ0v) is 3.77. The van der Waals surface area contributed by atoms with Crippen LogP contribution in [-0.4, -0.2) is 11.3 Å². The van der Waals surface area contributed by atoms with Crippen LogP contribution in [0.1, 0.15) is 0 Å². The molecule has 0 aromatic carbocycles. The summed E-state index contributed by atoms with van der Waals surface area (Å²) < 4.78 is 0. The summed E-state index contributed by atoms with van der Waals surface area (Å²) in [6.45, 7) is 0. The Balaban J connectivity index is 0.000000250. The molecule has 0 fully saturated rings. The number of aliphatic imine (C=N–C) groups is 1. The van der Waals surface area contributed by atoms with Gasteiger partial charge < -0.3 is 5.11 Å². The third-order valence-electron chi connectivity index (χ3n) is 0.414. The lowest BCUT2D eigenvalue weighted by Gasteiger charge is -1.90. The van der Waals surface area contributed by atoms with Gasteiger partial charge in [0.15, 0.2) is 5.76 Å². The molecule has 0 aromatic heterocycles. The van der Waals surface area contributed by atoms with E-state index >= 15 is 0 Å². The Labute approximate surface area is 41.6 Å². The van der Waals surface area contributed by atoms with Crippen molar-refractivity contribution >= 4 is 18.6 Å². The molecule has 0 spiro atoms. The molecule has 0 unspecified atom stereocenters. The summed E-state index contributed by atoms with van der Waals surface area (Å²) in [6.07, 6.45) is 2.78. The fourth-order valence-corrected chi connectivity index (χ4v) is 0.141. The molecule has 3 heteroatoms. The zero-order chi connectivity index (χ0) is 3.70. The third-order valence-corrected chi connectivity index (χ3v) is 0.414. The molecule has 1 aliphatic rings. The summed E-state index contributed by atoms with van der Waals surface area (Å²) in [5.41, 5.74) is 0. The van der Waals surface area contributed by atoms with E-state index < -0.39 is 0 Å². The topological polar surface area (TPSA) is 32.6 Å². The number of hydrogen-bond acceptors (Lipinski definition) is 2. The Hall–Kier alpha value is -0.500. The molecular weight excluding hydrogens is 101 g/mol. The smallest absolute Gasteiger partial charge is 0.152 e. The average molecular weight is 106 g/mol. The molecular formula is C3H4ClNO. The Kier molecular flexibility index (Phi) is 1.67. The van der Waals surface area contributed by atoms with Gasteiger partial charge in [-0.05, 0) is 0 Å². The van der Waals surface area contributed by atoms with Gasteiger partial charge >= 0.3 is 0 Å². The van der Waals surface area contributed by atoms with Crippen molar-refractivity contribution < 1.29 is 5.11 Å². The average Bonchev–Trinajstić information content (AvgIpc) is 1.30. The molecule has 0 aromatic rings. The van der Waals surface area contributed by atoms with Gasteiger partial charge in [-0.1, -0.05) is 0 Å². The lowest BCUT2D eigenvalue weighted by atomic mass is 10.5. The van der Waals surface area contributed by atoms with Crippen molar-refractivity contribution in [1.29, 1.82) is 0 Å². The molecule has 0 radical (unpaired) electrons. The minimum atomic E-state index is 0. The lowest BCUT2D eigenvalue weighted by molar-refractivity contribution is 0.439. The van der Waals surface area contributed by atoms with Crippen molar-refractivity contribution in [2.75, 3.05) is 0 Å². The van der Waals surface area contributed by atoms with E-state index in [4.69, 9.17) is 5.11 Å². The van der Waals surface area contributed by atoms with Gasteiger partial charge in [0.2, 0.25) is 0 Å². The molecule has 2 nitrogen and oxygen atoms in total. The van der Waals surface area contributed by atoms with E-state index in [0.29, 0.717) is 0 Å². The largest absolute Gasteiger partial charge is 0.505 e. The van der Waals surface area contributed by atoms with E-state index in [1.165, 1.54) is 12.4 Å². The van der Waals surface area contributed by atoms with Crippen molar-refractivity contribution in [2.45, 2.75) is 0 Å². The van der Waals surface area contributed by atoms with Crippen LogP contribution in [0.3, 0.4) is 0 Å². The summed E-state index contributed by atoms with van der Waals surface area (Å²) in [7, 11) is 0. The number of hydrogen-bond donors (Lipinski definition) is 1. The normalized spacial score (nSPS) is 14.3. The van der Waals surface area contributed by atoms with Crippen molar-refractivity contribution in [3.63, 3.8) is 0 Å². The van der Waals surface area contributed by atoms with Crippen LogP contribution < -0.4 is 0 Å². The molecule has 1 heterocycles. The number of allylic oxidation sites excluding steroid dienone is 1. The second kappa shape index (κ2) is 1.82. The highest BCUT2D eigenvalue weighted by Crippen LogP contribution is 1.91. The van der Waals surface area contributed by atoms with E-state index in [2.05, 4.69) is 4.99 Å². The van der Waals surface area contributed by atoms with Gasteiger partial charge in [-0.25, -0.2) is 0 Å². The predicted molar refractivity (Wildman–Crippen MR) is 26.5 cm³/mol. The third kappa shape index (κ3) is 0.723. The van der Waals surface area contributed by atoms with Gasteiger partial charge in [-0.3, -0.25) is 4.99 Å². The van der Waals surface area contributed by atoms with E-state index in [9.17, 15) is 0 Å². The van der Waals surface area contributed by atoms with Crippen LogP contribution in [-0.2, 0) is 0 Å². The van der Waals surface area contributed by atoms with Gasteiger partial charge in [0.1, 0.15) is 0 Å². The molecule has 0 bridgehead atoms. The molecule has 0 saturated carbocycles. The molecule has 0 amide bonds. The highest BCUT2D eigenvalue weighted by molar-refractivity contribution is 5.85. The van der Waals surface area contributed by atoms with Crippen molar-refractivity contribution in [2.24, 2.45) is 4.99 Å². The summed E-state index contributed by atoms with van der Waals surface area (Å²) in [5.74, 6) is 0.269. The number of nitrogens with zero attached hydrogens (tertiary/aromatic N) is 1. The molecule has 1 N–H and O–H groups in total. The summed E-state index contributed by atoms with van der Waals surface area (Å²) in [6, 6.07) is 0. The molecule has 1 rings (SSSR count). The number of aliphatic hydroxyl groups is 1. The Morgan fingerprint density at radius 2 is 2.00 bits per heavy atom. The molecule has 0 aliphatic carbocycles. The van der Waals surface area contributed by atoms with Crippen molar-refractivity contribution in [1.82, 2.24) is 0 Å². The number of aliphatic hydroxyl groups excluding tert-OH is 1. The van der Waals surface area contributed by atoms with Gasteiger partial charge in [0.05, 0.1) is 12.4 Å². The van der Waals surface area contributed by atoms with Crippen LogP contribution in [0.2, 0.25) is 0 Å². The molecule has 1 aliphatic heterocycles. The minimum Gasteiger partial charge on any atom is -0.505 e. The number of halogens is 1. The van der Waals surface area contributed by atoms with E-state index in [0.717, 1.165) is 0 Å². The highest BCUT2D eigenvalue weighted by atomic mass is 35.5. The van der Waals surface area contributed by atoms with Crippen LogP contribution in [0, 0.1) is 0 Å². The quantitative estimate of drug-likeness (QED) is 0.488. The highest BCUT2D eigenvalue weighted by Gasteiger charge is 1.88. The molecule has 34 valence electrons. The van der Waals surface area contributed by atoms with Crippen LogP contribution in [0.4, 0.5) is 0 Å². The predicted octanol–water partition coefficient (Wildman–Crippen LogP) is 0.892. The van der Waals surface area contributed by atoms with E-state index in [1.807, 2.05) is 0 Å². The molecule has 0 atom stereocenters. The first-order valence-corrected chi connectivity index (χ1v) is 1.32. The van der Waals surface area contributed by atoms with Crippen molar-refractivity contribution in [3.05, 3.63) is 12.0 Å². The Morgan fingerprint density at radius 1 is 1.67 bits per heavy atom. The zero-order valence-electron chi connectivity index (χ0n) is 2.96. The maximum absolute atomic E-state index is 8.16. The second-order valence-corrected chi connectivity index (χ2v) is 0.832. The standard InChI is InChI=1S/C3H3NO.ClH/c5-3-1-4-2-3;/h1-2,5H;1H. The Bertz CT molecular complexity index is 97.0. The van der Waals surface area contributed by atoms with E-state index in [1.54, 1.807) is 0 Å². The summed E-state index contributed by atoms with van der Waals surface area (Å²) >= 11 is 0. The van der Waals surface area contributed by atoms with Gasteiger partial charge in [0, 0.05) is 0 Å². The Morgan fingerprint density at radius 3 is 2.00 bits per heavy atom. The molecule has 6 heavy (non-hydrogen) atoms. The fourth-order valence-electron chi connectivity index (χ4n) is 0.141. The fraction of sp³-hybridized carbons (Fsp3) is 0. The van der Waals surface area contributed by atoms with Crippen molar-refractivity contribution in [3.8, 4) is 0 Å². The van der Waals surface area contributed by atoms with Crippen LogP contribution in [0.5, 0.6) is 0 Å². The summed E-state index contributed by atoms with van der Waals surface area (Å²) in [4.78, 5) is 3.46.